The molecule has 2 aliphatic rings. The van der Waals surface area contributed by atoms with Crippen molar-refractivity contribution in [3.8, 4) is 0 Å². The zero-order valence-corrected chi connectivity index (χ0v) is 12.5. The van der Waals surface area contributed by atoms with Crippen molar-refractivity contribution in [2.24, 2.45) is 4.99 Å². The maximum Gasteiger partial charge on any atom is 0.187 e. The Morgan fingerprint density at radius 3 is 2.17 bits per heavy atom. The molecule has 2 aliphatic heterocycles. The van der Waals surface area contributed by atoms with Gasteiger partial charge in [0.15, 0.2) is 12.1 Å². The van der Waals surface area contributed by atoms with Gasteiger partial charge in [-0.15, -0.1) is 0 Å². The molecule has 0 amide bonds. The van der Waals surface area contributed by atoms with Gasteiger partial charge >= 0.3 is 0 Å². The molecule has 9 atom stereocenters. The first-order chi connectivity index (χ1) is 11.3. The highest BCUT2D eigenvalue weighted by molar-refractivity contribution is 5.87. The van der Waals surface area contributed by atoms with Gasteiger partial charge in [0, 0.05) is 0 Å². The van der Waals surface area contributed by atoms with Crippen LogP contribution in [0.1, 0.15) is 0 Å². The molecule has 0 saturated carbocycles. The molecule has 0 spiro atoms. The molecule has 12 nitrogen and oxygen atoms in total. The minimum absolute atomic E-state index is 0.379. The average molecular weight is 354 g/mol. The van der Waals surface area contributed by atoms with Crippen LogP contribution in [0.4, 0.5) is 0 Å². The number of amidine groups is 1. The van der Waals surface area contributed by atoms with E-state index in [0.29, 0.717) is 0 Å². The second kappa shape index (κ2) is 7.97. The van der Waals surface area contributed by atoms with Crippen molar-refractivity contribution < 1.29 is 50.4 Å². The quantitative estimate of drug-likeness (QED) is 0.218. The highest BCUT2D eigenvalue weighted by Crippen LogP contribution is 2.27. The molecule has 9 N–H and O–H groups in total. The van der Waals surface area contributed by atoms with E-state index in [0.717, 1.165) is 0 Å². The summed E-state index contributed by atoms with van der Waals surface area (Å²) in [5.41, 5.74) is 1.60. The van der Waals surface area contributed by atoms with Crippen molar-refractivity contribution >= 4 is 5.84 Å². The third-order valence-electron chi connectivity index (χ3n) is 4.07. The molecule has 2 rings (SSSR count). The Kier molecular flexibility index (Phi) is 6.44. The molecule has 12 heteroatoms. The van der Waals surface area contributed by atoms with Crippen LogP contribution in [0.25, 0.3) is 0 Å². The second-order valence-corrected chi connectivity index (χ2v) is 5.61. The van der Waals surface area contributed by atoms with Crippen molar-refractivity contribution in [1.82, 2.24) is 5.48 Å². The molecule has 0 bridgehead atoms. The highest BCUT2D eigenvalue weighted by atomic mass is 16.7. The van der Waals surface area contributed by atoms with Gasteiger partial charge in [-0.05, 0) is 0 Å². The standard InChI is InChI=1S/C12H22N2O10/c15-1-3-10(7(19)8(20)11(13-3)14-22)24-12-9(21)6(18)5(17)4(2-16)23-12/h3-10,12,15-22H,1-2H2,(H,13,14)/t3-,4-,5-,6+,7-,8-,9-,10-,12+/m1/s1. The van der Waals surface area contributed by atoms with Crippen LogP contribution in [0.15, 0.2) is 4.99 Å². The van der Waals surface area contributed by atoms with Gasteiger partial charge in [0.1, 0.15) is 48.8 Å². The first-order valence-corrected chi connectivity index (χ1v) is 7.26. The number of nitrogens with zero attached hydrogens (tertiary/aromatic N) is 1. The summed E-state index contributed by atoms with van der Waals surface area (Å²) in [4.78, 5) is 3.77. The van der Waals surface area contributed by atoms with Crippen LogP contribution >= 0.6 is 0 Å². The number of rotatable bonds is 4. The molecule has 0 aromatic heterocycles. The van der Waals surface area contributed by atoms with Crippen LogP contribution in [-0.4, -0.2) is 115 Å². The van der Waals surface area contributed by atoms with Gasteiger partial charge in [0.2, 0.25) is 0 Å². The third kappa shape index (κ3) is 3.52. The topological polar surface area (TPSA) is 205 Å². The smallest absolute Gasteiger partial charge is 0.187 e. The Hall–Kier alpha value is -0.930. The van der Waals surface area contributed by atoms with E-state index in [1.54, 1.807) is 5.48 Å². The number of hydroxylamine groups is 1. The normalized spacial score (nSPS) is 46.5. The maximum atomic E-state index is 10.1. The first-order valence-electron chi connectivity index (χ1n) is 7.26. The lowest BCUT2D eigenvalue weighted by atomic mass is 9.96. The molecule has 0 aromatic rings. The van der Waals surface area contributed by atoms with E-state index in [4.69, 9.17) is 19.8 Å². The maximum absolute atomic E-state index is 10.1. The molecule has 0 unspecified atom stereocenters. The molecule has 0 radical (unpaired) electrons. The number of nitrogens with one attached hydrogen (secondary N) is 1. The van der Waals surface area contributed by atoms with Crippen LogP contribution in [0.2, 0.25) is 0 Å². The molecule has 0 aromatic carbocycles. The van der Waals surface area contributed by atoms with Crippen molar-refractivity contribution in [3.05, 3.63) is 0 Å². The fourth-order valence-electron chi connectivity index (χ4n) is 2.64. The van der Waals surface area contributed by atoms with Crippen LogP contribution < -0.4 is 5.48 Å². The second-order valence-electron chi connectivity index (χ2n) is 5.61. The fraction of sp³-hybridized carbons (Fsp3) is 0.917. The summed E-state index contributed by atoms with van der Waals surface area (Å²) in [7, 11) is 0. The number of aliphatic hydroxyl groups is 7. The summed E-state index contributed by atoms with van der Waals surface area (Å²) in [5, 5.41) is 76.6. The molecule has 0 aliphatic carbocycles. The lowest BCUT2D eigenvalue weighted by Crippen LogP contribution is -2.63. The van der Waals surface area contributed by atoms with E-state index in [9.17, 15) is 30.6 Å². The number of aliphatic imine (C=N–C) groups is 1. The van der Waals surface area contributed by atoms with E-state index < -0.39 is 68.3 Å². The van der Waals surface area contributed by atoms with E-state index in [1.165, 1.54) is 0 Å². The summed E-state index contributed by atoms with van der Waals surface area (Å²) in [6.07, 6.45) is -12.4. The Labute approximate surface area is 136 Å². The van der Waals surface area contributed by atoms with Crippen LogP contribution in [0, 0.1) is 0 Å². The van der Waals surface area contributed by atoms with Gasteiger partial charge in [-0.2, -0.15) is 0 Å². The van der Waals surface area contributed by atoms with Gasteiger partial charge in [0.25, 0.3) is 0 Å². The third-order valence-corrected chi connectivity index (χ3v) is 4.07. The molecule has 2 heterocycles. The number of ether oxygens (including phenoxy) is 2. The van der Waals surface area contributed by atoms with Crippen molar-refractivity contribution in [1.29, 1.82) is 0 Å². The molecular formula is C12H22N2O10. The predicted octanol–water partition coefficient (Wildman–Crippen LogP) is -5.35. The molecule has 140 valence electrons. The van der Waals surface area contributed by atoms with Crippen molar-refractivity contribution in [2.75, 3.05) is 13.2 Å². The van der Waals surface area contributed by atoms with Gasteiger partial charge in [0.05, 0.1) is 13.2 Å². The van der Waals surface area contributed by atoms with Gasteiger partial charge < -0.3 is 45.2 Å². The average Bonchev–Trinajstić information content (AvgIpc) is 2.59. The summed E-state index contributed by atoms with van der Waals surface area (Å²) >= 11 is 0. The zero-order valence-electron chi connectivity index (χ0n) is 12.5. The zero-order chi connectivity index (χ0) is 18.0. The van der Waals surface area contributed by atoms with Crippen LogP contribution in [0.3, 0.4) is 0 Å². The largest absolute Gasteiger partial charge is 0.394 e. The molecule has 1 saturated heterocycles. The van der Waals surface area contributed by atoms with E-state index in [1.807, 2.05) is 0 Å². The Morgan fingerprint density at radius 1 is 0.958 bits per heavy atom. The lowest BCUT2D eigenvalue weighted by Gasteiger charge is -2.43. The van der Waals surface area contributed by atoms with Crippen LogP contribution in [0.5, 0.6) is 0 Å². The molecular weight excluding hydrogens is 332 g/mol. The van der Waals surface area contributed by atoms with E-state index in [-0.39, 0.29) is 5.84 Å². The predicted molar refractivity (Wildman–Crippen MR) is 73.9 cm³/mol. The van der Waals surface area contributed by atoms with E-state index in [2.05, 4.69) is 4.99 Å². The minimum atomic E-state index is -1.71. The van der Waals surface area contributed by atoms with Crippen molar-refractivity contribution in [2.45, 2.75) is 55.1 Å². The molecule has 1 fully saturated rings. The first kappa shape index (κ1) is 19.4. The Bertz CT molecular complexity index is 450. The van der Waals surface area contributed by atoms with Gasteiger partial charge in [-0.1, -0.05) is 0 Å². The van der Waals surface area contributed by atoms with Gasteiger partial charge in [-0.25, -0.2) is 0 Å². The van der Waals surface area contributed by atoms with Gasteiger partial charge in [-0.3, -0.25) is 15.7 Å². The Morgan fingerprint density at radius 2 is 1.62 bits per heavy atom. The SMILES string of the molecule is OC[C@H]1N=C(NO)[C@H](O)[C@@H](O)[C@@H]1O[C@@H]1O[C@H](CO)[C@@H](O)[C@H](O)[C@H]1O. The fourth-order valence-corrected chi connectivity index (χ4v) is 2.64. The minimum Gasteiger partial charge on any atom is -0.394 e. The number of hydrogen-bond donors (Lipinski definition) is 9. The number of hydrogen-bond acceptors (Lipinski definition) is 12. The van der Waals surface area contributed by atoms with Crippen LogP contribution in [-0.2, 0) is 9.47 Å². The monoisotopic (exact) mass is 354 g/mol. The summed E-state index contributed by atoms with van der Waals surface area (Å²) < 4.78 is 10.5. The summed E-state index contributed by atoms with van der Waals surface area (Å²) in [6.45, 7) is -1.29. The lowest BCUT2D eigenvalue weighted by molar-refractivity contribution is -0.321. The molecule has 24 heavy (non-hydrogen) atoms. The highest BCUT2D eigenvalue weighted by Gasteiger charge is 2.48. The summed E-state index contributed by atoms with van der Waals surface area (Å²) in [6, 6.07) is -1.12. The summed E-state index contributed by atoms with van der Waals surface area (Å²) in [5.74, 6) is -0.379. The van der Waals surface area contributed by atoms with E-state index >= 15 is 0 Å². The Balaban J connectivity index is 2.17. The number of aliphatic hydroxyl groups excluding tert-OH is 7. The van der Waals surface area contributed by atoms with Crippen molar-refractivity contribution in [3.63, 3.8) is 0 Å².